The molecule has 2 aromatic carbocycles. The number of nitrogens with zero attached hydrogens (tertiary/aromatic N) is 2. The molecule has 0 saturated heterocycles. The number of benzene rings is 2. The van der Waals surface area contributed by atoms with E-state index in [9.17, 15) is 0 Å². The lowest BCUT2D eigenvalue weighted by Crippen LogP contribution is -2.32. The number of hydrogen-bond donors (Lipinski definition) is 0. The van der Waals surface area contributed by atoms with Crippen LogP contribution >= 0.6 is 0 Å². The molecule has 3 heteroatoms. The SMILES string of the molecule is COc1cccc([N+]2=Cc3ccccc3N(C)C2)c1. The zero-order valence-corrected chi connectivity index (χ0v) is 11.2. The quantitative estimate of drug-likeness (QED) is 0.765. The highest BCUT2D eigenvalue weighted by atomic mass is 16.5. The van der Waals surface area contributed by atoms with Crippen LogP contribution in [0, 0.1) is 0 Å². The second-order valence-electron chi connectivity index (χ2n) is 4.70. The van der Waals surface area contributed by atoms with Crippen molar-refractivity contribution in [1.82, 2.24) is 0 Å². The summed E-state index contributed by atoms with van der Waals surface area (Å²) in [5.74, 6) is 0.882. The minimum Gasteiger partial charge on any atom is -0.497 e. The van der Waals surface area contributed by atoms with Crippen LogP contribution in [-0.2, 0) is 0 Å². The van der Waals surface area contributed by atoms with E-state index in [1.807, 2.05) is 12.1 Å². The first-order valence-electron chi connectivity index (χ1n) is 6.33. The molecule has 96 valence electrons. The predicted octanol–water partition coefficient (Wildman–Crippen LogP) is 2.87. The van der Waals surface area contributed by atoms with E-state index >= 15 is 0 Å². The Kier molecular flexibility index (Phi) is 2.95. The van der Waals surface area contributed by atoms with Crippen LogP contribution in [0.4, 0.5) is 11.4 Å². The van der Waals surface area contributed by atoms with Crippen molar-refractivity contribution in [2.75, 3.05) is 25.7 Å². The summed E-state index contributed by atoms with van der Waals surface area (Å²) < 4.78 is 7.51. The molecule has 1 aliphatic heterocycles. The Balaban J connectivity index is 2.05. The van der Waals surface area contributed by atoms with Gasteiger partial charge in [0.15, 0.2) is 6.21 Å². The molecular weight excluding hydrogens is 236 g/mol. The topological polar surface area (TPSA) is 15.5 Å². The van der Waals surface area contributed by atoms with Crippen LogP contribution in [0.5, 0.6) is 5.75 Å². The summed E-state index contributed by atoms with van der Waals surface area (Å²) >= 11 is 0. The van der Waals surface area contributed by atoms with Gasteiger partial charge in [0.1, 0.15) is 5.75 Å². The first-order valence-corrected chi connectivity index (χ1v) is 6.33. The molecule has 0 amide bonds. The Bertz CT molecular complexity index is 634. The van der Waals surface area contributed by atoms with Crippen molar-refractivity contribution in [3.8, 4) is 5.75 Å². The Morgan fingerprint density at radius 1 is 1.11 bits per heavy atom. The minimum atomic E-state index is 0.837. The van der Waals surface area contributed by atoms with E-state index in [1.54, 1.807) is 7.11 Å². The number of hydrogen-bond acceptors (Lipinski definition) is 2. The second kappa shape index (κ2) is 4.76. The molecule has 0 radical (unpaired) electrons. The van der Waals surface area contributed by atoms with E-state index in [1.165, 1.54) is 11.3 Å². The van der Waals surface area contributed by atoms with Crippen LogP contribution in [-0.4, -0.2) is 31.6 Å². The zero-order chi connectivity index (χ0) is 13.2. The van der Waals surface area contributed by atoms with Gasteiger partial charge in [0, 0.05) is 13.1 Å². The number of fused-ring (bicyclic) bond motifs is 1. The van der Waals surface area contributed by atoms with Crippen molar-refractivity contribution in [2.45, 2.75) is 0 Å². The molecule has 3 nitrogen and oxygen atoms in total. The van der Waals surface area contributed by atoms with Crippen LogP contribution in [0.2, 0.25) is 0 Å². The average Bonchev–Trinajstić information content (AvgIpc) is 2.47. The largest absolute Gasteiger partial charge is 0.497 e. The van der Waals surface area contributed by atoms with Crippen molar-refractivity contribution in [2.24, 2.45) is 0 Å². The molecule has 1 aliphatic rings. The second-order valence-corrected chi connectivity index (χ2v) is 4.70. The smallest absolute Gasteiger partial charge is 0.224 e. The lowest BCUT2D eigenvalue weighted by atomic mass is 10.1. The van der Waals surface area contributed by atoms with E-state index in [4.69, 9.17) is 4.74 Å². The van der Waals surface area contributed by atoms with Gasteiger partial charge >= 0.3 is 0 Å². The van der Waals surface area contributed by atoms with E-state index in [2.05, 4.69) is 59.1 Å². The van der Waals surface area contributed by atoms with Crippen molar-refractivity contribution in [3.63, 3.8) is 0 Å². The number of ether oxygens (including phenoxy) is 1. The van der Waals surface area contributed by atoms with E-state index in [-0.39, 0.29) is 0 Å². The highest BCUT2D eigenvalue weighted by Gasteiger charge is 2.21. The summed E-state index contributed by atoms with van der Waals surface area (Å²) in [5, 5.41) is 0. The van der Waals surface area contributed by atoms with E-state index in [0.717, 1.165) is 18.1 Å². The van der Waals surface area contributed by atoms with Crippen LogP contribution in [0.15, 0.2) is 48.5 Å². The molecule has 0 bridgehead atoms. The summed E-state index contributed by atoms with van der Waals surface area (Å²) in [4.78, 5) is 2.24. The Morgan fingerprint density at radius 2 is 1.95 bits per heavy atom. The summed E-state index contributed by atoms with van der Waals surface area (Å²) in [6.45, 7) is 0.837. The lowest BCUT2D eigenvalue weighted by molar-refractivity contribution is -0.435. The third-order valence-corrected chi connectivity index (χ3v) is 3.39. The van der Waals surface area contributed by atoms with Gasteiger partial charge in [-0.25, -0.2) is 0 Å². The molecular formula is C16H17N2O+. The highest BCUT2D eigenvalue weighted by molar-refractivity contribution is 5.86. The van der Waals surface area contributed by atoms with Crippen molar-refractivity contribution in [3.05, 3.63) is 54.1 Å². The zero-order valence-electron chi connectivity index (χ0n) is 11.2. The minimum absolute atomic E-state index is 0.837. The Hall–Kier alpha value is -2.29. The maximum absolute atomic E-state index is 5.29. The first-order chi connectivity index (χ1) is 9.28. The van der Waals surface area contributed by atoms with Crippen LogP contribution in [0.3, 0.4) is 0 Å². The fraction of sp³-hybridized carbons (Fsp3) is 0.188. The fourth-order valence-corrected chi connectivity index (χ4v) is 2.40. The monoisotopic (exact) mass is 253 g/mol. The Morgan fingerprint density at radius 3 is 2.79 bits per heavy atom. The van der Waals surface area contributed by atoms with E-state index < -0.39 is 0 Å². The molecule has 0 spiro atoms. The van der Waals surface area contributed by atoms with Crippen molar-refractivity contribution in [1.29, 1.82) is 0 Å². The molecule has 0 unspecified atom stereocenters. The van der Waals surface area contributed by atoms with Gasteiger partial charge < -0.3 is 9.64 Å². The molecule has 0 aliphatic carbocycles. The summed E-state index contributed by atoms with van der Waals surface area (Å²) in [5.41, 5.74) is 3.64. The van der Waals surface area contributed by atoms with Gasteiger partial charge in [0.05, 0.1) is 24.4 Å². The standard InChI is InChI=1S/C16H17N2O/c1-17-12-18(11-13-6-3-4-9-16(13)17)14-7-5-8-15(10-14)19-2/h3-11H,12H2,1-2H3/q+1. The number of anilines is 1. The maximum Gasteiger partial charge on any atom is 0.224 e. The molecule has 0 aromatic heterocycles. The third kappa shape index (κ3) is 2.19. The average molecular weight is 253 g/mol. The predicted molar refractivity (Wildman–Crippen MR) is 77.8 cm³/mol. The summed E-state index contributed by atoms with van der Waals surface area (Å²) in [6.07, 6.45) is 2.18. The molecule has 1 heterocycles. The van der Waals surface area contributed by atoms with Gasteiger partial charge in [-0.2, -0.15) is 4.58 Å². The van der Waals surface area contributed by atoms with Crippen LogP contribution in [0.25, 0.3) is 0 Å². The molecule has 0 saturated carbocycles. The molecule has 2 aromatic rings. The summed E-state index contributed by atoms with van der Waals surface area (Å²) in [7, 11) is 3.81. The van der Waals surface area contributed by atoms with Crippen molar-refractivity contribution < 1.29 is 9.31 Å². The van der Waals surface area contributed by atoms with Crippen LogP contribution in [0.1, 0.15) is 5.56 Å². The molecule has 0 atom stereocenters. The van der Waals surface area contributed by atoms with Gasteiger partial charge in [-0.3, -0.25) is 0 Å². The van der Waals surface area contributed by atoms with Crippen molar-refractivity contribution >= 4 is 17.6 Å². The van der Waals surface area contributed by atoms with Gasteiger partial charge in [0.25, 0.3) is 0 Å². The fourth-order valence-electron chi connectivity index (χ4n) is 2.40. The van der Waals surface area contributed by atoms with Gasteiger partial charge in [-0.05, 0) is 18.2 Å². The number of methoxy groups -OCH3 is 1. The Labute approximate surface area is 113 Å². The molecule has 3 rings (SSSR count). The number of rotatable bonds is 2. The molecule has 19 heavy (non-hydrogen) atoms. The molecule has 0 fully saturated rings. The maximum atomic E-state index is 5.29. The third-order valence-electron chi connectivity index (χ3n) is 3.39. The molecule has 0 N–H and O–H groups in total. The normalized spacial score (nSPS) is 13.8. The van der Waals surface area contributed by atoms with Gasteiger partial charge in [-0.1, -0.05) is 18.2 Å². The number of para-hydroxylation sites is 1. The van der Waals surface area contributed by atoms with E-state index in [0.29, 0.717) is 0 Å². The summed E-state index contributed by atoms with van der Waals surface area (Å²) in [6, 6.07) is 16.6. The lowest BCUT2D eigenvalue weighted by Gasteiger charge is -2.23. The highest BCUT2D eigenvalue weighted by Crippen LogP contribution is 2.25. The van der Waals surface area contributed by atoms with Gasteiger partial charge in [0.2, 0.25) is 12.4 Å². The van der Waals surface area contributed by atoms with Gasteiger partial charge in [-0.15, -0.1) is 0 Å². The van der Waals surface area contributed by atoms with Crippen LogP contribution < -0.4 is 9.64 Å². The first kappa shape index (κ1) is 11.8.